The van der Waals surface area contributed by atoms with Crippen molar-refractivity contribution in [2.24, 2.45) is 0 Å². The molecule has 22 heavy (non-hydrogen) atoms. The van der Waals surface area contributed by atoms with Gasteiger partial charge in [-0.2, -0.15) is 0 Å². The molecule has 0 spiro atoms. The Morgan fingerprint density at radius 1 is 1.50 bits per heavy atom. The Kier molecular flexibility index (Phi) is 4.36. The number of methoxy groups -OCH3 is 1. The summed E-state index contributed by atoms with van der Waals surface area (Å²) in [6.45, 7) is 2.89. The minimum Gasteiger partial charge on any atom is -0.493 e. The smallest absolute Gasteiger partial charge is 0.242 e. The first-order valence-corrected chi connectivity index (χ1v) is 7.90. The highest BCUT2D eigenvalue weighted by atomic mass is 16.5. The summed E-state index contributed by atoms with van der Waals surface area (Å²) in [6.07, 6.45) is 2.83. The van der Waals surface area contributed by atoms with Gasteiger partial charge in [-0.1, -0.05) is 12.1 Å². The molecule has 1 aromatic carbocycles. The Hall–Kier alpha value is -1.59. The first-order chi connectivity index (χ1) is 10.7. The fraction of sp³-hybridized carbons (Fsp3) is 0.588. The maximum absolute atomic E-state index is 12.5. The van der Waals surface area contributed by atoms with Crippen LogP contribution in [0, 0.1) is 0 Å². The summed E-state index contributed by atoms with van der Waals surface area (Å²) in [7, 11) is 3.36. The van der Waals surface area contributed by atoms with Crippen molar-refractivity contribution in [3.63, 3.8) is 0 Å². The van der Waals surface area contributed by atoms with Gasteiger partial charge in [0.05, 0.1) is 13.2 Å². The molecule has 0 bridgehead atoms. The van der Waals surface area contributed by atoms with Crippen LogP contribution in [-0.4, -0.2) is 50.3 Å². The number of nitrogens with one attached hydrogen (secondary N) is 1. The van der Waals surface area contributed by atoms with E-state index in [1.165, 1.54) is 11.1 Å². The first kappa shape index (κ1) is 15.3. The summed E-state index contributed by atoms with van der Waals surface area (Å²) in [4.78, 5) is 14.7. The van der Waals surface area contributed by atoms with E-state index < -0.39 is 5.54 Å². The van der Waals surface area contributed by atoms with E-state index in [-0.39, 0.29) is 5.91 Å². The summed E-state index contributed by atoms with van der Waals surface area (Å²) < 4.78 is 10.9. The lowest BCUT2D eigenvalue weighted by Gasteiger charge is -2.36. The number of fused-ring (bicyclic) bond motifs is 1. The monoisotopic (exact) mass is 304 g/mol. The third kappa shape index (κ3) is 2.59. The third-order valence-corrected chi connectivity index (χ3v) is 4.78. The summed E-state index contributed by atoms with van der Waals surface area (Å²) in [6, 6.07) is 6.36. The van der Waals surface area contributed by atoms with Crippen LogP contribution in [0.1, 0.15) is 24.0 Å². The maximum Gasteiger partial charge on any atom is 0.242 e. The van der Waals surface area contributed by atoms with Crippen LogP contribution >= 0.6 is 0 Å². The van der Waals surface area contributed by atoms with Gasteiger partial charge in [0.1, 0.15) is 11.3 Å². The Morgan fingerprint density at radius 3 is 3.14 bits per heavy atom. The van der Waals surface area contributed by atoms with Crippen molar-refractivity contribution < 1.29 is 14.3 Å². The van der Waals surface area contributed by atoms with Crippen molar-refractivity contribution in [2.75, 3.05) is 33.9 Å². The Morgan fingerprint density at radius 2 is 2.36 bits per heavy atom. The molecule has 2 heterocycles. The Bertz CT molecular complexity index is 561. The molecule has 1 saturated heterocycles. The highest BCUT2D eigenvalue weighted by molar-refractivity contribution is 5.86. The number of hydrogen-bond acceptors (Lipinski definition) is 4. The topological polar surface area (TPSA) is 50.8 Å². The van der Waals surface area contributed by atoms with Gasteiger partial charge in [0.15, 0.2) is 0 Å². The summed E-state index contributed by atoms with van der Waals surface area (Å²) in [5.74, 6) is 1.05. The molecule has 2 aliphatic heterocycles. The molecule has 1 aromatic rings. The van der Waals surface area contributed by atoms with Crippen molar-refractivity contribution in [1.82, 2.24) is 10.2 Å². The number of ether oxygens (including phenoxy) is 2. The number of likely N-dealkylation sites (N-methyl/N-ethyl adjacent to an activating group) is 1. The highest BCUT2D eigenvalue weighted by Crippen LogP contribution is 2.33. The van der Waals surface area contributed by atoms with Crippen molar-refractivity contribution in [1.29, 1.82) is 0 Å². The number of benzene rings is 1. The quantitative estimate of drug-likeness (QED) is 0.892. The lowest BCUT2D eigenvalue weighted by atomic mass is 9.95. The molecular formula is C17H24N2O3. The lowest BCUT2D eigenvalue weighted by molar-refractivity contribution is -0.135. The molecule has 1 unspecified atom stereocenters. The molecule has 2 aliphatic rings. The summed E-state index contributed by atoms with van der Waals surface area (Å²) >= 11 is 0. The fourth-order valence-corrected chi connectivity index (χ4v) is 3.68. The van der Waals surface area contributed by atoms with Crippen LogP contribution in [0.2, 0.25) is 0 Å². The van der Waals surface area contributed by atoms with Crippen LogP contribution in [0.15, 0.2) is 18.2 Å². The van der Waals surface area contributed by atoms with Crippen LogP contribution in [-0.2, 0) is 22.5 Å². The average Bonchev–Trinajstić information content (AvgIpc) is 3.14. The highest BCUT2D eigenvalue weighted by Gasteiger charge is 2.46. The van der Waals surface area contributed by atoms with Gasteiger partial charge in [-0.25, -0.2) is 0 Å². The molecule has 1 fully saturated rings. The zero-order valence-corrected chi connectivity index (χ0v) is 13.4. The SMILES string of the molecule is CNC(=O)C1(COC)CCCN1Cc1ccc2c(c1)CCO2. The first-order valence-electron chi connectivity index (χ1n) is 7.90. The van der Waals surface area contributed by atoms with E-state index in [1.54, 1.807) is 14.2 Å². The molecule has 0 radical (unpaired) electrons. The number of rotatable bonds is 5. The van der Waals surface area contributed by atoms with Crippen molar-refractivity contribution >= 4 is 5.91 Å². The van der Waals surface area contributed by atoms with Crippen LogP contribution in [0.5, 0.6) is 5.75 Å². The van der Waals surface area contributed by atoms with Gasteiger partial charge in [-0.15, -0.1) is 0 Å². The maximum atomic E-state index is 12.5. The molecule has 5 nitrogen and oxygen atoms in total. The number of amides is 1. The standard InChI is InChI=1S/C17H24N2O3/c1-18-16(20)17(12-21-2)7-3-8-19(17)11-13-4-5-15-14(10-13)6-9-22-15/h4-5,10H,3,6-9,11-12H2,1-2H3,(H,18,20). The molecule has 1 N–H and O–H groups in total. The molecule has 1 amide bonds. The number of carbonyl (C=O) groups excluding carboxylic acids is 1. The summed E-state index contributed by atoms with van der Waals surface area (Å²) in [5.41, 5.74) is 1.96. The lowest BCUT2D eigenvalue weighted by Crippen LogP contribution is -2.57. The molecule has 1 atom stereocenters. The van der Waals surface area contributed by atoms with Crippen LogP contribution in [0.3, 0.4) is 0 Å². The zero-order chi connectivity index (χ0) is 15.6. The van der Waals surface area contributed by atoms with Crippen LogP contribution in [0.25, 0.3) is 0 Å². The van der Waals surface area contributed by atoms with Gasteiger partial charge >= 0.3 is 0 Å². The van der Waals surface area contributed by atoms with Crippen molar-refractivity contribution in [3.8, 4) is 5.75 Å². The number of carbonyl (C=O) groups is 1. The van der Waals surface area contributed by atoms with E-state index in [0.29, 0.717) is 6.61 Å². The molecule has 120 valence electrons. The molecule has 0 saturated carbocycles. The van der Waals surface area contributed by atoms with E-state index in [2.05, 4.69) is 22.3 Å². The predicted octanol–water partition coefficient (Wildman–Crippen LogP) is 1.35. The average molecular weight is 304 g/mol. The van der Waals surface area contributed by atoms with E-state index >= 15 is 0 Å². The van der Waals surface area contributed by atoms with Gasteiger partial charge < -0.3 is 14.8 Å². The third-order valence-electron chi connectivity index (χ3n) is 4.78. The molecular weight excluding hydrogens is 280 g/mol. The number of nitrogens with zero attached hydrogens (tertiary/aromatic N) is 1. The molecule has 0 aliphatic carbocycles. The van der Waals surface area contributed by atoms with Crippen molar-refractivity contribution in [3.05, 3.63) is 29.3 Å². The minimum absolute atomic E-state index is 0.0522. The van der Waals surface area contributed by atoms with E-state index in [4.69, 9.17) is 9.47 Å². The predicted molar refractivity (Wildman–Crippen MR) is 84.0 cm³/mol. The molecule has 0 aromatic heterocycles. The van der Waals surface area contributed by atoms with Gasteiger partial charge in [0.2, 0.25) is 5.91 Å². The summed E-state index contributed by atoms with van der Waals surface area (Å²) in [5, 5.41) is 2.81. The minimum atomic E-state index is -0.543. The van der Waals surface area contributed by atoms with Gasteiger partial charge in [-0.3, -0.25) is 9.69 Å². The number of hydrogen-bond donors (Lipinski definition) is 1. The normalized spacial score (nSPS) is 24.1. The van der Waals surface area contributed by atoms with Gasteiger partial charge in [-0.05, 0) is 36.6 Å². The van der Waals surface area contributed by atoms with Gasteiger partial charge in [0.25, 0.3) is 0 Å². The van der Waals surface area contributed by atoms with E-state index in [1.807, 2.05) is 6.07 Å². The van der Waals surface area contributed by atoms with Crippen LogP contribution < -0.4 is 10.1 Å². The van der Waals surface area contributed by atoms with Gasteiger partial charge in [0, 0.05) is 27.1 Å². The van der Waals surface area contributed by atoms with Crippen molar-refractivity contribution in [2.45, 2.75) is 31.3 Å². The largest absolute Gasteiger partial charge is 0.493 e. The second-order valence-corrected chi connectivity index (χ2v) is 6.11. The van der Waals surface area contributed by atoms with E-state index in [9.17, 15) is 4.79 Å². The van der Waals surface area contributed by atoms with Crippen LogP contribution in [0.4, 0.5) is 0 Å². The number of likely N-dealkylation sites (tertiary alicyclic amines) is 1. The molecule has 5 heteroatoms. The fourth-order valence-electron chi connectivity index (χ4n) is 3.68. The van der Waals surface area contributed by atoms with E-state index in [0.717, 1.165) is 44.7 Å². The zero-order valence-electron chi connectivity index (χ0n) is 13.4. The Balaban J connectivity index is 1.82. The molecule has 3 rings (SSSR count). The Labute approximate surface area is 131 Å². The second kappa shape index (κ2) is 6.26. The second-order valence-electron chi connectivity index (χ2n) is 6.11.